The van der Waals surface area contributed by atoms with Crippen LogP contribution in [0.5, 0.6) is 5.88 Å². The molecule has 0 unspecified atom stereocenters. The minimum absolute atomic E-state index is 0.196. The summed E-state index contributed by atoms with van der Waals surface area (Å²) in [5.41, 5.74) is 2.92. The van der Waals surface area contributed by atoms with Gasteiger partial charge in [0.15, 0.2) is 0 Å². The smallest absolute Gasteiger partial charge is 0.271 e. The van der Waals surface area contributed by atoms with Crippen LogP contribution in [-0.2, 0) is 13.0 Å². The predicted octanol–water partition coefficient (Wildman–Crippen LogP) is 3.69. The number of carbonyl (C=O) groups excluding carboxylic acids is 1. The Kier molecular flexibility index (Phi) is 6.46. The Balaban J connectivity index is 1.41. The van der Waals surface area contributed by atoms with E-state index in [1.807, 2.05) is 43.3 Å². The van der Waals surface area contributed by atoms with E-state index in [1.165, 1.54) is 10.7 Å². The van der Waals surface area contributed by atoms with Gasteiger partial charge in [-0.25, -0.2) is 0 Å². The fourth-order valence-electron chi connectivity index (χ4n) is 3.23. The number of hydrogen-bond donors (Lipinski definition) is 1. The monoisotopic (exact) mass is 429 g/mol. The minimum Gasteiger partial charge on any atom is -0.472 e. The second-order valence-electron chi connectivity index (χ2n) is 7.33. The maximum absolute atomic E-state index is 12.3. The minimum atomic E-state index is -0.288. The molecule has 0 radical (unpaired) electrons. The lowest BCUT2D eigenvalue weighted by Crippen LogP contribution is -2.25. The van der Waals surface area contributed by atoms with Gasteiger partial charge in [0.25, 0.3) is 11.5 Å². The average molecular weight is 429 g/mol. The first kappa shape index (κ1) is 21.1. The number of amides is 1. The average Bonchev–Trinajstić information content (AvgIpc) is 3.32. The van der Waals surface area contributed by atoms with Crippen molar-refractivity contribution in [1.29, 1.82) is 0 Å². The molecule has 7 nitrogen and oxygen atoms in total. The quantitative estimate of drug-likeness (QED) is 0.462. The molecule has 1 N–H and O–H groups in total. The zero-order chi connectivity index (χ0) is 22.3. The number of nitrogens with zero attached hydrogens (tertiary/aromatic N) is 2. The summed E-state index contributed by atoms with van der Waals surface area (Å²) in [5.74, 6) is 0.958. The Morgan fingerprint density at radius 3 is 2.66 bits per heavy atom. The second kappa shape index (κ2) is 9.78. The van der Waals surface area contributed by atoms with Crippen molar-refractivity contribution in [2.24, 2.45) is 0 Å². The van der Waals surface area contributed by atoms with Crippen LogP contribution in [0.25, 0.3) is 5.69 Å². The summed E-state index contributed by atoms with van der Waals surface area (Å²) in [6.07, 6.45) is 2.22. The van der Waals surface area contributed by atoms with Crippen LogP contribution in [0.1, 0.15) is 27.2 Å². The molecular weight excluding hydrogens is 406 g/mol. The van der Waals surface area contributed by atoms with Crippen LogP contribution < -0.4 is 15.6 Å². The van der Waals surface area contributed by atoms with Gasteiger partial charge in [0.05, 0.1) is 12.0 Å². The Bertz CT molecular complexity index is 1240. The highest BCUT2D eigenvalue weighted by atomic mass is 16.5. The fourth-order valence-corrected chi connectivity index (χ4v) is 3.23. The molecule has 32 heavy (non-hydrogen) atoms. The summed E-state index contributed by atoms with van der Waals surface area (Å²) >= 11 is 0. The Morgan fingerprint density at radius 1 is 1.06 bits per heavy atom. The van der Waals surface area contributed by atoms with E-state index in [2.05, 4.69) is 10.4 Å². The first-order valence-electron chi connectivity index (χ1n) is 10.3. The van der Waals surface area contributed by atoms with Crippen molar-refractivity contribution in [2.45, 2.75) is 20.0 Å². The normalized spacial score (nSPS) is 10.7. The van der Waals surface area contributed by atoms with Gasteiger partial charge in [0.1, 0.15) is 12.4 Å². The van der Waals surface area contributed by atoms with Gasteiger partial charge in [-0.3, -0.25) is 9.59 Å². The van der Waals surface area contributed by atoms with Crippen LogP contribution in [0.15, 0.2) is 88.3 Å². The first-order chi connectivity index (χ1) is 15.6. The Labute approximate surface area is 185 Å². The summed E-state index contributed by atoms with van der Waals surface area (Å²) in [6, 6.07) is 21.3. The molecule has 0 fully saturated rings. The number of hydrogen-bond acceptors (Lipinski definition) is 5. The molecule has 2 aromatic heterocycles. The van der Waals surface area contributed by atoms with Crippen LogP contribution in [0.4, 0.5) is 0 Å². The van der Waals surface area contributed by atoms with Crippen LogP contribution >= 0.6 is 0 Å². The van der Waals surface area contributed by atoms with E-state index in [0.29, 0.717) is 36.7 Å². The topological polar surface area (TPSA) is 86.4 Å². The zero-order valence-corrected chi connectivity index (χ0v) is 17.7. The third kappa shape index (κ3) is 5.31. The molecule has 0 saturated heterocycles. The van der Waals surface area contributed by atoms with E-state index in [4.69, 9.17) is 9.15 Å². The van der Waals surface area contributed by atoms with Gasteiger partial charge < -0.3 is 14.5 Å². The van der Waals surface area contributed by atoms with E-state index < -0.39 is 0 Å². The van der Waals surface area contributed by atoms with Crippen LogP contribution in [0.2, 0.25) is 0 Å². The SMILES string of the molecule is Cc1cccc(COc2ccc(=O)n(-c3ccc(C(=O)NCCc4ccco4)cc3)n2)c1. The summed E-state index contributed by atoms with van der Waals surface area (Å²) < 4.78 is 12.3. The molecular formula is C25H23N3O4. The largest absolute Gasteiger partial charge is 0.472 e. The fraction of sp³-hybridized carbons (Fsp3) is 0.160. The zero-order valence-electron chi connectivity index (χ0n) is 17.7. The molecule has 0 aliphatic carbocycles. The molecule has 0 atom stereocenters. The van der Waals surface area contributed by atoms with E-state index in [-0.39, 0.29) is 11.5 Å². The maximum Gasteiger partial charge on any atom is 0.271 e. The third-order valence-electron chi connectivity index (χ3n) is 4.86. The highest BCUT2D eigenvalue weighted by molar-refractivity contribution is 5.94. The number of nitrogens with one attached hydrogen (secondary N) is 1. The van der Waals surface area contributed by atoms with Gasteiger partial charge in [0, 0.05) is 30.7 Å². The lowest BCUT2D eigenvalue weighted by Gasteiger charge is -2.10. The van der Waals surface area contributed by atoms with Crippen LogP contribution in [-0.4, -0.2) is 22.2 Å². The lowest BCUT2D eigenvalue weighted by molar-refractivity contribution is 0.0953. The molecule has 162 valence electrons. The Hall–Kier alpha value is -4.13. The molecule has 0 bridgehead atoms. The van der Waals surface area contributed by atoms with Crippen molar-refractivity contribution >= 4 is 5.91 Å². The van der Waals surface area contributed by atoms with Crippen molar-refractivity contribution in [2.75, 3.05) is 6.54 Å². The molecule has 1 amide bonds. The van der Waals surface area contributed by atoms with Gasteiger partial charge in [-0.1, -0.05) is 29.8 Å². The second-order valence-corrected chi connectivity index (χ2v) is 7.33. The Morgan fingerprint density at radius 2 is 1.91 bits per heavy atom. The van der Waals surface area contributed by atoms with E-state index in [0.717, 1.165) is 16.9 Å². The standard InChI is InChI=1S/C25H23N3O4/c1-18-4-2-5-19(16-18)17-32-23-11-12-24(29)28(27-23)21-9-7-20(8-10-21)25(30)26-14-13-22-6-3-15-31-22/h2-12,15-16H,13-14,17H2,1H3,(H,26,30). The number of aryl methyl sites for hydroxylation is 1. The summed E-state index contributed by atoms with van der Waals surface area (Å²) in [5, 5.41) is 7.15. The van der Waals surface area contributed by atoms with E-state index >= 15 is 0 Å². The highest BCUT2D eigenvalue weighted by Gasteiger charge is 2.09. The third-order valence-corrected chi connectivity index (χ3v) is 4.86. The molecule has 0 saturated carbocycles. The first-order valence-corrected chi connectivity index (χ1v) is 10.3. The van der Waals surface area contributed by atoms with Gasteiger partial charge in [-0.15, -0.1) is 5.10 Å². The lowest BCUT2D eigenvalue weighted by atomic mass is 10.1. The number of benzene rings is 2. The summed E-state index contributed by atoms with van der Waals surface area (Å²) in [4.78, 5) is 24.7. The van der Waals surface area contributed by atoms with Crippen LogP contribution in [0, 0.1) is 6.92 Å². The number of ether oxygens (including phenoxy) is 1. The van der Waals surface area contributed by atoms with Crippen molar-refractivity contribution in [3.63, 3.8) is 0 Å². The van der Waals surface area contributed by atoms with Crippen molar-refractivity contribution in [3.05, 3.63) is 112 Å². The van der Waals surface area contributed by atoms with Gasteiger partial charge >= 0.3 is 0 Å². The predicted molar refractivity (Wildman–Crippen MR) is 120 cm³/mol. The molecule has 4 aromatic rings. The molecule has 4 rings (SSSR count). The molecule has 7 heteroatoms. The number of aromatic nitrogens is 2. The van der Waals surface area contributed by atoms with Gasteiger partial charge in [-0.2, -0.15) is 4.68 Å². The number of carbonyl (C=O) groups is 1. The number of furan rings is 1. The van der Waals surface area contributed by atoms with Gasteiger partial charge in [-0.05, 0) is 48.9 Å². The highest BCUT2D eigenvalue weighted by Crippen LogP contribution is 2.12. The summed E-state index contributed by atoms with van der Waals surface area (Å²) in [6.45, 7) is 2.84. The van der Waals surface area contributed by atoms with Crippen molar-refractivity contribution in [1.82, 2.24) is 15.1 Å². The maximum atomic E-state index is 12.3. The molecule has 0 spiro atoms. The summed E-state index contributed by atoms with van der Waals surface area (Å²) in [7, 11) is 0. The molecule has 2 aromatic carbocycles. The van der Waals surface area contributed by atoms with E-state index in [1.54, 1.807) is 36.6 Å². The molecule has 0 aliphatic heterocycles. The van der Waals surface area contributed by atoms with Crippen LogP contribution in [0.3, 0.4) is 0 Å². The molecule has 2 heterocycles. The number of rotatable bonds is 8. The van der Waals surface area contributed by atoms with Crippen molar-refractivity contribution in [3.8, 4) is 11.6 Å². The molecule has 0 aliphatic rings. The van der Waals surface area contributed by atoms with Gasteiger partial charge in [0.2, 0.25) is 5.88 Å². The van der Waals surface area contributed by atoms with Crippen molar-refractivity contribution < 1.29 is 13.9 Å². The van der Waals surface area contributed by atoms with E-state index in [9.17, 15) is 9.59 Å².